The number of para-hydroxylation sites is 6. The molecule has 0 N–H and O–H groups in total. The van der Waals surface area contributed by atoms with Crippen molar-refractivity contribution < 1.29 is 9.47 Å². The zero-order valence-electron chi connectivity index (χ0n) is 42.0. The van der Waals surface area contributed by atoms with Crippen molar-refractivity contribution in [2.45, 2.75) is 0 Å². The molecule has 0 saturated heterocycles. The van der Waals surface area contributed by atoms with Gasteiger partial charge < -0.3 is 0 Å². The molecule has 11 aromatic carbocycles. The fraction of sp³-hybridized carbons (Fsp3) is 0. The van der Waals surface area contributed by atoms with Gasteiger partial charge in [0.25, 0.3) is 0 Å². The minimum atomic E-state index is -4.03. The Labute approximate surface area is 452 Å². The van der Waals surface area contributed by atoms with Gasteiger partial charge in [0.1, 0.15) is 0 Å². The molecule has 5 heterocycles. The molecule has 9 heteroatoms. The molecule has 78 heavy (non-hydrogen) atoms. The van der Waals surface area contributed by atoms with Crippen molar-refractivity contribution in [3.63, 3.8) is 0 Å². The van der Waals surface area contributed by atoms with Gasteiger partial charge in [0, 0.05) is 0 Å². The summed E-state index contributed by atoms with van der Waals surface area (Å²) in [4.78, 5) is 16.5. The average molecular weight is 1060 g/mol. The normalized spacial score (nSPS) is 12.5. The van der Waals surface area contributed by atoms with E-state index in [0.717, 1.165) is 99.7 Å². The van der Waals surface area contributed by atoms with E-state index in [0.29, 0.717) is 17.7 Å². The summed E-state index contributed by atoms with van der Waals surface area (Å²) in [7, 11) is 0. The third-order valence-corrected chi connectivity index (χ3v) is 26.0. The first-order valence-electron chi connectivity index (χ1n) is 26.4. The number of hydrogen-bond acceptors (Lipinski definition) is 5. The molecule has 364 valence electrons. The molecular formula is C69H44BGeN5O2. The number of hydrogen-bond donors (Lipinski definition) is 0. The Bertz CT molecular complexity index is 4380. The second-order valence-corrected chi connectivity index (χ2v) is 28.2. The van der Waals surface area contributed by atoms with E-state index in [1.165, 1.54) is 17.6 Å². The van der Waals surface area contributed by atoms with Gasteiger partial charge >= 0.3 is 455 Å². The summed E-state index contributed by atoms with van der Waals surface area (Å²) in [5.41, 5.74) is 10.4. The van der Waals surface area contributed by atoms with E-state index in [1.54, 1.807) is 0 Å². The van der Waals surface area contributed by atoms with Crippen LogP contribution in [0.1, 0.15) is 0 Å². The molecule has 0 bridgehead atoms. The Morgan fingerprint density at radius 2 is 0.692 bits per heavy atom. The maximum absolute atomic E-state index is 6.82. The van der Waals surface area contributed by atoms with Gasteiger partial charge in [0.15, 0.2) is 0 Å². The molecule has 3 aromatic heterocycles. The number of nitrogens with zero attached hydrogens (tertiary/aromatic N) is 5. The van der Waals surface area contributed by atoms with Crippen LogP contribution in [0.4, 0.5) is 0 Å². The Balaban J connectivity index is 0.920. The molecule has 2 aliphatic heterocycles. The van der Waals surface area contributed by atoms with Crippen LogP contribution in [0.3, 0.4) is 0 Å². The maximum atomic E-state index is 6.82. The topological polar surface area (TPSA) is 67.0 Å². The predicted molar refractivity (Wildman–Crippen MR) is 321 cm³/mol. The first kappa shape index (κ1) is 44.5. The monoisotopic (exact) mass is 1060 g/mol. The first-order chi connectivity index (χ1) is 38.7. The van der Waals surface area contributed by atoms with Crippen LogP contribution in [0.25, 0.3) is 78.0 Å². The summed E-state index contributed by atoms with van der Waals surface area (Å²) in [5.74, 6) is 5.03. The third-order valence-electron chi connectivity index (χ3n) is 16.1. The molecule has 0 atom stereocenters. The van der Waals surface area contributed by atoms with Crippen LogP contribution in [-0.2, 0) is 0 Å². The van der Waals surface area contributed by atoms with Crippen molar-refractivity contribution >= 4 is 97.6 Å². The van der Waals surface area contributed by atoms with Gasteiger partial charge in [-0.15, -0.1) is 0 Å². The molecule has 0 unspecified atom stereocenters. The molecule has 0 saturated carbocycles. The molecule has 0 spiro atoms. The molecule has 16 rings (SSSR count). The number of rotatable bonds is 8. The molecule has 0 radical (unpaired) electrons. The number of fused-ring (bicyclic) bond motifs is 10. The quantitative estimate of drug-likeness (QED) is 0.142. The Hall–Kier alpha value is -9.76. The van der Waals surface area contributed by atoms with Crippen LogP contribution in [-0.4, -0.2) is 44.1 Å². The van der Waals surface area contributed by atoms with Gasteiger partial charge in [0.2, 0.25) is 0 Å². The summed E-state index contributed by atoms with van der Waals surface area (Å²) >= 11 is -4.03. The van der Waals surface area contributed by atoms with Gasteiger partial charge in [-0.05, 0) is 0 Å². The Morgan fingerprint density at radius 3 is 1.17 bits per heavy atom. The average Bonchev–Trinajstić information content (AvgIpc) is 4.16. The number of aromatic nitrogens is 5. The van der Waals surface area contributed by atoms with Crippen LogP contribution in [0.15, 0.2) is 267 Å². The van der Waals surface area contributed by atoms with Gasteiger partial charge in [-0.2, -0.15) is 0 Å². The molecule has 7 nitrogen and oxygen atoms in total. The molecule has 14 aromatic rings. The van der Waals surface area contributed by atoms with Crippen LogP contribution in [0.5, 0.6) is 23.0 Å². The van der Waals surface area contributed by atoms with E-state index in [4.69, 9.17) is 24.4 Å². The Morgan fingerprint density at radius 1 is 0.308 bits per heavy atom. The standard InChI is InChI=1S/C69H44BGeN5O2/c1-3-23-48(24-4-1)71(49-25-5-2-6-26-49,50-27-19-21-45(41-50)47-43-64-66-65(44-47)78-63-40-18-12-34-57(63)70(66)56-33-11-17-39-62(56)77-64)51-28-20-22-46(42-51)67-72-68(75-58-35-13-7-29-52(58)53-30-8-14-36-59(53)75)74-69(73-67)76-60-37-15-9-31-54(60)55-32-10-16-38-61(55)76/h1-44H. The van der Waals surface area contributed by atoms with Crippen LogP contribution < -0.4 is 43.4 Å². The van der Waals surface area contributed by atoms with Gasteiger partial charge in [-0.3, -0.25) is 0 Å². The van der Waals surface area contributed by atoms with Crippen molar-refractivity contribution in [1.29, 1.82) is 0 Å². The fourth-order valence-electron chi connectivity index (χ4n) is 12.7. The zero-order chi connectivity index (χ0) is 51.3. The van der Waals surface area contributed by atoms with Crippen LogP contribution in [0.2, 0.25) is 0 Å². The summed E-state index contributed by atoms with van der Waals surface area (Å²) in [5, 5.41) is 4.54. The minimum absolute atomic E-state index is 0.00292. The number of benzene rings is 11. The second kappa shape index (κ2) is 17.7. The molecule has 0 aliphatic carbocycles. The van der Waals surface area contributed by atoms with E-state index in [-0.39, 0.29) is 6.71 Å². The van der Waals surface area contributed by atoms with Crippen LogP contribution in [0, 0.1) is 0 Å². The summed E-state index contributed by atoms with van der Waals surface area (Å²) < 4.78 is 23.1. The molecule has 2 aliphatic rings. The van der Waals surface area contributed by atoms with Crippen LogP contribution >= 0.6 is 0 Å². The van der Waals surface area contributed by atoms with E-state index in [2.05, 4.69) is 264 Å². The SMILES string of the molecule is c1cc[c]([Ge]([c]2ccccc2)([c]2cccc(-c3cc4c5c(c3)Oc3ccccc3B5c3ccccc3O4)c2)[c]2cccc(-c3nc(-n4c5ccccc5c5ccccc54)nc(-n4c5ccccc5c5ccccc54)n3)c2)cc1. The van der Waals surface area contributed by atoms with E-state index in [9.17, 15) is 0 Å². The van der Waals surface area contributed by atoms with Crippen molar-refractivity contribution in [2.24, 2.45) is 0 Å². The zero-order valence-corrected chi connectivity index (χ0v) is 44.1. The molecule has 0 amide bonds. The van der Waals surface area contributed by atoms with E-state index < -0.39 is 13.3 Å². The summed E-state index contributed by atoms with van der Waals surface area (Å²) in [6.45, 7) is -0.00292. The molecule has 0 fully saturated rings. The van der Waals surface area contributed by atoms with Gasteiger partial charge in [-0.25, -0.2) is 0 Å². The number of ether oxygens (including phenoxy) is 2. The predicted octanol–water partition coefficient (Wildman–Crippen LogP) is 11.5. The summed E-state index contributed by atoms with van der Waals surface area (Å²) in [6.07, 6.45) is 0. The summed E-state index contributed by atoms with van der Waals surface area (Å²) in [6, 6.07) is 95.8. The molecular weight excluding hydrogens is 1010 g/mol. The fourth-order valence-corrected chi connectivity index (χ4v) is 22.8. The first-order valence-corrected chi connectivity index (χ1v) is 30.6. The van der Waals surface area contributed by atoms with E-state index in [1.807, 2.05) is 12.1 Å². The second-order valence-electron chi connectivity index (χ2n) is 20.2. The van der Waals surface area contributed by atoms with Gasteiger partial charge in [0.05, 0.1) is 0 Å². The van der Waals surface area contributed by atoms with Crippen molar-refractivity contribution in [3.8, 4) is 57.4 Å². The van der Waals surface area contributed by atoms with Gasteiger partial charge in [-0.1, -0.05) is 0 Å². The van der Waals surface area contributed by atoms with E-state index >= 15 is 0 Å². The third kappa shape index (κ3) is 6.76. The Kier molecular flexibility index (Phi) is 10.1. The van der Waals surface area contributed by atoms with Crippen molar-refractivity contribution in [3.05, 3.63) is 267 Å². The van der Waals surface area contributed by atoms with Crippen molar-refractivity contribution in [1.82, 2.24) is 24.1 Å². The van der Waals surface area contributed by atoms with Crippen molar-refractivity contribution in [2.75, 3.05) is 0 Å².